The van der Waals surface area contributed by atoms with Crippen LogP contribution in [0.15, 0.2) is 0 Å². The minimum absolute atomic E-state index is 0.0103. The fourth-order valence-electron chi connectivity index (χ4n) is 2.30. The van der Waals surface area contributed by atoms with Crippen molar-refractivity contribution in [2.75, 3.05) is 0 Å². The van der Waals surface area contributed by atoms with Gasteiger partial charge < -0.3 is 0 Å². The number of hydrogen-bond acceptors (Lipinski definition) is 1. The zero-order valence-electron chi connectivity index (χ0n) is 9.48. The maximum absolute atomic E-state index is 11.9. The van der Waals surface area contributed by atoms with Gasteiger partial charge in [-0.3, -0.25) is 4.79 Å². The van der Waals surface area contributed by atoms with Crippen LogP contribution in [0.1, 0.15) is 57.8 Å². The van der Waals surface area contributed by atoms with E-state index in [-0.39, 0.29) is 18.6 Å². The molecule has 0 heterocycles. The highest BCUT2D eigenvalue weighted by Gasteiger charge is 2.26. The summed E-state index contributed by atoms with van der Waals surface area (Å²) in [7, 11) is 0. The van der Waals surface area contributed by atoms with E-state index in [2.05, 4.69) is 0 Å². The van der Waals surface area contributed by atoms with E-state index in [1.54, 1.807) is 0 Å². The Balaban J connectivity index is 2.10. The molecule has 4 heteroatoms. The second kappa shape index (κ2) is 6.26. The van der Waals surface area contributed by atoms with Crippen molar-refractivity contribution in [2.24, 2.45) is 5.92 Å². The fourth-order valence-corrected chi connectivity index (χ4v) is 2.30. The smallest absolute Gasteiger partial charge is 0.300 e. The molecule has 1 fully saturated rings. The molecule has 94 valence electrons. The first kappa shape index (κ1) is 13.5. The molecule has 0 radical (unpaired) electrons. The molecule has 0 aliphatic heterocycles. The van der Waals surface area contributed by atoms with E-state index in [1.807, 2.05) is 0 Å². The first-order valence-corrected chi connectivity index (χ1v) is 6.06. The van der Waals surface area contributed by atoms with Gasteiger partial charge in [0, 0.05) is 19.3 Å². The van der Waals surface area contributed by atoms with Crippen LogP contribution < -0.4 is 0 Å². The number of ketones is 1. The van der Waals surface area contributed by atoms with Crippen molar-refractivity contribution < 1.29 is 18.0 Å². The van der Waals surface area contributed by atoms with Gasteiger partial charge >= 0.3 is 6.18 Å². The molecule has 0 N–H and O–H groups in total. The molecule has 0 aromatic carbocycles. The van der Waals surface area contributed by atoms with Crippen molar-refractivity contribution in [3.05, 3.63) is 0 Å². The molecule has 0 aromatic rings. The largest absolute Gasteiger partial charge is 0.389 e. The van der Waals surface area contributed by atoms with Crippen LogP contribution in [0.25, 0.3) is 0 Å². The van der Waals surface area contributed by atoms with Gasteiger partial charge in [0.05, 0.1) is 0 Å². The Bertz CT molecular complexity index is 217. The van der Waals surface area contributed by atoms with Crippen LogP contribution in [-0.4, -0.2) is 12.0 Å². The molecular weight excluding hydrogens is 217 g/mol. The Hall–Kier alpha value is -0.540. The number of carbonyl (C=O) groups is 1. The second-order valence-electron chi connectivity index (χ2n) is 4.72. The molecule has 1 aliphatic rings. The van der Waals surface area contributed by atoms with Gasteiger partial charge in [-0.05, 0) is 12.3 Å². The Morgan fingerprint density at radius 1 is 1.12 bits per heavy atom. The maximum atomic E-state index is 11.9. The van der Waals surface area contributed by atoms with E-state index in [4.69, 9.17) is 0 Å². The fraction of sp³-hybridized carbons (Fsp3) is 0.917. The summed E-state index contributed by atoms with van der Waals surface area (Å²) >= 11 is 0. The third-order valence-corrected chi connectivity index (χ3v) is 3.16. The van der Waals surface area contributed by atoms with Crippen LogP contribution in [-0.2, 0) is 4.79 Å². The Labute approximate surface area is 94.4 Å². The summed E-state index contributed by atoms with van der Waals surface area (Å²) in [5.74, 6) is 0.447. The Morgan fingerprint density at radius 2 is 1.75 bits per heavy atom. The summed E-state index contributed by atoms with van der Waals surface area (Å²) in [6, 6.07) is 0. The van der Waals surface area contributed by atoms with Gasteiger partial charge in [0.25, 0.3) is 0 Å². The van der Waals surface area contributed by atoms with Crippen molar-refractivity contribution in [3.8, 4) is 0 Å². The molecule has 1 nitrogen and oxygen atoms in total. The molecule has 16 heavy (non-hydrogen) atoms. The average Bonchev–Trinajstić information content (AvgIpc) is 2.17. The highest BCUT2D eigenvalue weighted by Crippen LogP contribution is 2.28. The molecule has 0 atom stereocenters. The molecule has 0 amide bonds. The van der Waals surface area contributed by atoms with Gasteiger partial charge in [-0.15, -0.1) is 0 Å². The molecular formula is C12H19F3O. The number of carbonyl (C=O) groups excluding carboxylic acids is 1. The summed E-state index contributed by atoms with van der Waals surface area (Å²) in [5, 5.41) is 0. The average molecular weight is 236 g/mol. The number of hydrogen-bond donors (Lipinski definition) is 0. The standard InChI is InChI=1S/C12H19F3O/c13-12(14,15)8-4-7-11(16)9-10-5-2-1-3-6-10/h10H,1-9H2. The number of Topliss-reactive ketones (excluding diaryl/α,β-unsaturated/α-hetero) is 1. The number of alkyl halides is 3. The zero-order chi connectivity index (χ0) is 12.0. The number of halogens is 3. The summed E-state index contributed by atoms with van der Waals surface area (Å²) in [5.41, 5.74) is 0. The molecule has 0 spiro atoms. The van der Waals surface area contributed by atoms with Gasteiger partial charge in [0.15, 0.2) is 0 Å². The predicted molar refractivity (Wildman–Crippen MR) is 56.1 cm³/mol. The Morgan fingerprint density at radius 3 is 2.31 bits per heavy atom. The van der Waals surface area contributed by atoms with Gasteiger partial charge in [-0.1, -0.05) is 32.1 Å². The molecule has 0 unspecified atom stereocenters. The summed E-state index contributed by atoms with van der Waals surface area (Å²) < 4.78 is 35.6. The lowest BCUT2D eigenvalue weighted by Gasteiger charge is -2.20. The number of rotatable bonds is 5. The van der Waals surface area contributed by atoms with Crippen molar-refractivity contribution in [3.63, 3.8) is 0 Å². The van der Waals surface area contributed by atoms with Crippen LogP contribution in [0, 0.1) is 5.92 Å². The van der Waals surface area contributed by atoms with Crippen LogP contribution in [0.5, 0.6) is 0 Å². The molecule has 0 bridgehead atoms. The highest BCUT2D eigenvalue weighted by atomic mass is 19.4. The topological polar surface area (TPSA) is 17.1 Å². The first-order valence-electron chi connectivity index (χ1n) is 6.06. The lowest BCUT2D eigenvalue weighted by atomic mass is 9.85. The monoisotopic (exact) mass is 236 g/mol. The lowest BCUT2D eigenvalue weighted by Crippen LogP contribution is -2.13. The van der Waals surface area contributed by atoms with Crippen LogP contribution in [0.4, 0.5) is 13.2 Å². The van der Waals surface area contributed by atoms with Gasteiger partial charge in [-0.25, -0.2) is 0 Å². The summed E-state index contributed by atoms with van der Waals surface area (Å²) in [4.78, 5) is 11.4. The van der Waals surface area contributed by atoms with Crippen LogP contribution in [0.3, 0.4) is 0 Å². The normalized spacial score (nSPS) is 18.7. The quantitative estimate of drug-likeness (QED) is 0.697. The maximum Gasteiger partial charge on any atom is 0.389 e. The minimum Gasteiger partial charge on any atom is -0.300 e. The van der Waals surface area contributed by atoms with Crippen molar-refractivity contribution in [2.45, 2.75) is 64.0 Å². The van der Waals surface area contributed by atoms with Crippen molar-refractivity contribution in [1.82, 2.24) is 0 Å². The van der Waals surface area contributed by atoms with Crippen LogP contribution >= 0.6 is 0 Å². The Kier molecular flexibility index (Phi) is 5.29. The van der Waals surface area contributed by atoms with Gasteiger partial charge in [0.2, 0.25) is 0 Å². The second-order valence-corrected chi connectivity index (χ2v) is 4.72. The SMILES string of the molecule is O=C(CCCC(F)(F)F)CC1CCCCC1. The van der Waals surface area contributed by atoms with Crippen molar-refractivity contribution in [1.29, 1.82) is 0 Å². The van der Waals surface area contributed by atoms with E-state index in [1.165, 1.54) is 19.3 Å². The van der Waals surface area contributed by atoms with Gasteiger partial charge in [0.1, 0.15) is 5.78 Å². The van der Waals surface area contributed by atoms with E-state index >= 15 is 0 Å². The van der Waals surface area contributed by atoms with E-state index in [0.29, 0.717) is 12.3 Å². The molecule has 1 aliphatic carbocycles. The van der Waals surface area contributed by atoms with E-state index in [9.17, 15) is 18.0 Å². The minimum atomic E-state index is -4.12. The highest BCUT2D eigenvalue weighted by molar-refractivity contribution is 5.78. The molecule has 0 saturated heterocycles. The lowest BCUT2D eigenvalue weighted by molar-refractivity contribution is -0.137. The van der Waals surface area contributed by atoms with E-state index in [0.717, 1.165) is 12.8 Å². The molecule has 1 rings (SSSR count). The zero-order valence-corrected chi connectivity index (χ0v) is 9.48. The summed E-state index contributed by atoms with van der Waals surface area (Å²) in [6.07, 6.45) is 1.31. The van der Waals surface area contributed by atoms with E-state index < -0.39 is 12.6 Å². The first-order chi connectivity index (χ1) is 7.47. The predicted octanol–water partition coefficient (Wildman–Crippen LogP) is 4.26. The third-order valence-electron chi connectivity index (χ3n) is 3.16. The molecule has 1 saturated carbocycles. The van der Waals surface area contributed by atoms with Gasteiger partial charge in [-0.2, -0.15) is 13.2 Å². The van der Waals surface area contributed by atoms with Crippen molar-refractivity contribution >= 4 is 5.78 Å². The summed E-state index contributed by atoms with van der Waals surface area (Å²) in [6.45, 7) is 0. The third kappa shape index (κ3) is 6.13. The van der Waals surface area contributed by atoms with Crippen LogP contribution in [0.2, 0.25) is 0 Å². The molecule has 0 aromatic heterocycles.